The molecule has 12 nitrogen and oxygen atoms in total. The molecule has 0 aliphatic carbocycles. The van der Waals surface area contributed by atoms with Crippen LogP contribution in [0.2, 0.25) is 0 Å². The maximum atomic E-state index is 13.0. The van der Waals surface area contributed by atoms with Gasteiger partial charge in [-0.3, -0.25) is 24.9 Å². The number of nitrogens with two attached hydrogens (primary N) is 1. The van der Waals surface area contributed by atoms with Crippen LogP contribution in [0.3, 0.4) is 0 Å². The summed E-state index contributed by atoms with van der Waals surface area (Å²) in [5, 5.41) is 25.4. The van der Waals surface area contributed by atoms with Crippen LogP contribution in [0.25, 0.3) is 21.9 Å². The summed E-state index contributed by atoms with van der Waals surface area (Å²) in [6.07, 6.45) is 3.36. The number of nitrogen functional groups attached to an aromatic ring is 1. The molecule has 1 fully saturated rings. The van der Waals surface area contributed by atoms with Crippen LogP contribution < -0.4 is 16.5 Å². The molecule has 2 atom stereocenters. The molecular formula is C23H21N7O5. The highest BCUT2D eigenvalue weighted by atomic mass is 16.5. The first-order valence-corrected chi connectivity index (χ1v) is 10.7. The average molecular weight is 475 g/mol. The molecule has 0 spiro atoms. The van der Waals surface area contributed by atoms with E-state index < -0.39 is 23.5 Å². The zero-order valence-electron chi connectivity index (χ0n) is 18.3. The fraction of sp³-hybridized carbons (Fsp3) is 0.174. The molecule has 4 heterocycles. The Balaban J connectivity index is 1.36. The Kier molecular flexibility index (Phi) is 5.73. The lowest BCUT2D eigenvalue weighted by Gasteiger charge is -2.33. The summed E-state index contributed by atoms with van der Waals surface area (Å²) in [6, 6.07) is 7.88. The summed E-state index contributed by atoms with van der Waals surface area (Å²) in [4.78, 5) is 35.4. The lowest BCUT2D eigenvalue weighted by molar-refractivity contribution is -0.157. The number of aliphatic hydroxyl groups is 1. The van der Waals surface area contributed by atoms with Gasteiger partial charge in [-0.05, 0) is 30.3 Å². The van der Waals surface area contributed by atoms with E-state index in [9.17, 15) is 14.7 Å². The van der Waals surface area contributed by atoms with E-state index in [-0.39, 0.29) is 47.0 Å². The quantitative estimate of drug-likeness (QED) is 0.211. The normalized spacial score (nSPS) is 17.3. The number of morpholine rings is 1. The molecular weight excluding hydrogens is 454 g/mol. The maximum Gasteiger partial charge on any atom is 0.260 e. The lowest BCUT2D eigenvalue weighted by atomic mass is 10.0. The highest BCUT2D eigenvalue weighted by Gasteiger charge is 2.38. The van der Waals surface area contributed by atoms with Crippen molar-refractivity contribution in [1.29, 1.82) is 5.41 Å². The summed E-state index contributed by atoms with van der Waals surface area (Å²) < 4.78 is 10.8. The van der Waals surface area contributed by atoms with Gasteiger partial charge in [-0.1, -0.05) is 0 Å². The Labute approximate surface area is 197 Å². The Morgan fingerprint density at radius 3 is 2.91 bits per heavy atom. The standard InChI is InChI=1S/C23H21N7O5/c24-17(5-8-27-12-3-6-26-7-4-12)30-9-10-34-21(23(30)33)19(32)15-11-16(31)18-14(28-15)2-1-13-20(18)35-29-22(13)25/h1-8,11,19,21,24,29,32H,9-10,25H2,(H,26,27)/b8-5-,24-17?. The van der Waals surface area contributed by atoms with Gasteiger partial charge >= 0.3 is 0 Å². The summed E-state index contributed by atoms with van der Waals surface area (Å²) >= 11 is 0. The number of nitrogens with one attached hydrogen (secondary N) is 3. The second kappa shape index (κ2) is 9.00. The van der Waals surface area contributed by atoms with Crippen LogP contribution >= 0.6 is 0 Å². The molecule has 12 heteroatoms. The smallest absolute Gasteiger partial charge is 0.260 e. The van der Waals surface area contributed by atoms with Gasteiger partial charge in [-0.2, -0.15) is 0 Å². The summed E-state index contributed by atoms with van der Waals surface area (Å²) in [5.74, 6) is -0.415. The van der Waals surface area contributed by atoms with Gasteiger partial charge in [-0.25, -0.2) is 10.1 Å². The van der Waals surface area contributed by atoms with E-state index in [1.165, 1.54) is 17.2 Å². The number of nitrogens with zero attached hydrogens (tertiary/aromatic N) is 3. The molecule has 1 amide bonds. The van der Waals surface area contributed by atoms with E-state index in [1.807, 2.05) is 0 Å². The zero-order chi connectivity index (χ0) is 24.5. The fourth-order valence-electron chi connectivity index (χ4n) is 3.89. The molecule has 178 valence electrons. The van der Waals surface area contributed by atoms with E-state index in [0.717, 1.165) is 11.8 Å². The van der Waals surface area contributed by atoms with E-state index in [2.05, 4.69) is 20.4 Å². The number of amides is 1. The van der Waals surface area contributed by atoms with E-state index in [4.69, 9.17) is 20.4 Å². The predicted molar refractivity (Wildman–Crippen MR) is 128 cm³/mol. The molecule has 5 rings (SSSR count). The maximum absolute atomic E-state index is 13.0. The highest BCUT2D eigenvalue weighted by Crippen LogP contribution is 2.28. The number of fused-ring (bicyclic) bond motifs is 3. The number of rotatable bonds is 5. The molecule has 1 aliphatic rings. The van der Waals surface area contributed by atoms with Gasteiger partial charge in [0.25, 0.3) is 5.91 Å². The first kappa shape index (κ1) is 22.3. The second-order valence-corrected chi connectivity index (χ2v) is 7.82. The number of aliphatic hydroxyl groups excluding tert-OH is 1. The molecule has 0 saturated carbocycles. The van der Waals surface area contributed by atoms with Gasteiger partial charge in [0.05, 0.1) is 35.1 Å². The van der Waals surface area contributed by atoms with Crippen molar-refractivity contribution in [2.75, 3.05) is 24.2 Å². The minimum Gasteiger partial charge on any atom is -0.383 e. The number of aromatic nitrogens is 3. The van der Waals surface area contributed by atoms with Crippen LogP contribution in [0.1, 0.15) is 11.8 Å². The van der Waals surface area contributed by atoms with Gasteiger partial charge < -0.3 is 25.4 Å². The van der Waals surface area contributed by atoms with Crippen molar-refractivity contribution in [3.05, 3.63) is 70.9 Å². The molecule has 4 aromatic rings. The van der Waals surface area contributed by atoms with Crippen LogP contribution in [0, 0.1) is 5.41 Å². The van der Waals surface area contributed by atoms with Crippen molar-refractivity contribution in [1.82, 2.24) is 20.0 Å². The van der Waals surface area contributed by atoms with Crippen molar-refractivity contribution in [3.63, 3.8) is 0 Å². The number of anilines is 2. The van der Waals surface area contributed by atoms with Crippen LogP contribution in [0.5, 0.6) is 0 Å². The molecule has 0 radical (unpaired) electrons. The van der Waals surface area contributed by atoms with Gasteiger partial charge in [0.15, 0.2) is 17.1 Å². The van der Waals surface area contributed by atoms with Crippen molar-refractivity contribution < 1.29 is 19.2 Å². The Bertz CT molecular complexity index is 1510. The Morgan fingerprint density at radius 2 is 2.11 bits per heavy atom. The van der Waals surface area contributed by atoms with Gasteiger partial charge in [-0.15, -0.1) is 0 Å². The SMILES string of the molecule is N=C(/C=C\Nc1ccncc1)N1CCOC(C(O)c2cc(=O)c3c(ccc4c(N)[nH]oc43)n2)C1=O. The summed E-state index contributed by atoms with van der Waals surface area (Å²) in [7, 11) is 0. The van der Waals surface area contributed by atoms with Crippen LogP contribution in [0.4, 0.5) is 11.5 Å². The third kappa shape index (κ3) is 4.11. The van der Waals surface area contributed by atoms with Gasteiger partial charge in [0, 0.05) is 30.3 Å². The van der Waals surface area contributed by atoms with Crippen molar-refractivity contribution in [3.8, 4) is 0 Å². The molecule has 6 N–H and O–H groups in total. The second-order valence-electron chi connectivity index (χ2n) is 7.82. The van der Waals surface area contributed by atoms with E-state index in [1.54, 1.807) is 36.7 Å². The van der Waals surface area contributed by atoms with Crippen molar-refractivity contribution in [2.45, 2.75) is 12.2 Å². The van der Waals surface area contributed by atoms with Crippen molar-refractivity contribution in [2.24, 2.45) is 0 Å². The summed E-state index contributed by atoms with van der Waals surface area (Å²) in [5.41, 5.74) is 6.65. The van der Waals surface area contributed by atoms with Crippen LogP contribution in [-0.4, -0.2) is 56.1 Å². The molecule has 1 saturated heterocycles. The number of aromatic amines is 1. The monoisotopic (exact) mass is 475 g/mol. The molecule has 1 aromatic carbocycles. The predicted octanol–water partition coefficient (Wildman–Crippen LogP) is 1.51. The number of hydrogen-bond donors (Lipinski definition) is 5. The molecule has 3 aromatic heterocycles. The number of hydrogen-bond acceptors (Lipinski definition) is 10. The third-order valence-electron chi connectivity index (χ3n) is 5.64. The molecule has 2 unspecified atom stereocenters. The van der Waals surface area contributed by atoms with E-state index in [0.29, 0.717) is 5.39 Å². The molecule has 0 bridgehead atoms. The minimum absolute atomic E-state index is 0.0213. The van der Waals surface area contributed by atoms with E-state index >= 15 is 0 Å². The lowest BCUT2D eigenvalue weighted by Crippen LogP contribution is -2.52. The number of pyridine rings is 2. The third-order valence-corrected chi connectivity index (χ3v) is 5.64. The number of carbonyl (C=O) groups is 1. The first-order valence-electron chi connectivity index (χ1n) is 10.7. The minimum atomic E-state index is -1.52. The largest absolute Gasteiger partial charge is 0.383 e. The number of benzene rings is 1. The Hall–Kier alpha value is -4.55. The number of amidine groups is 1. The van der Waals surface area contributed by atoms with Crippen molar-refractivity contribution >= 4 is 45.1 Å². The highest BCUT2D eigenvalue weighted by molar-refractivity contribution is 6.06. The van der Waals surface area contributed by atoms with Gasteiger partial charge in [0.1, 0.15) is 17.8 Å². The van der Waals surface area contributed by atoms with Crippen LogP contribution in [0.15, 0.2) is 64.3 Å². The van der Waals surface area contributed by atoms with Gasteiger partial charge in [0.2, 0.25) is 0 Å². The van der Waals surface area contributed by atoms with Crippen LogP contribution in [-0.2, 0) is 9.53 Å². The topological polar surface area (TPSA) is 183 Å². The molecule has 35 heavy (non-hydrogen) atoms. The number of H-pyrrole nitrogens is 1. The fourth-order valence-corrected chi connectivity index (χ4v) is 3.89. The zero-order valence-corrected chi connectivity index (χ0v) is 18.3. The number of ether oxygens (including phenoxy) is 1. The average Bonchev–Trinajstić information content (AvgIpc) is 3.24. The first-order chi connectivity index (χ1) is 16.9. The molecule has 1 aliphatic heterocycles. The number of carbonyl (C=O) groups excluding carboxylic acids is 1. The summed E-state index contributed by atoms with van der Waals surface area (Å²) in [6.45, 7) is 0.244. The Morgan fingerprint density at radius 1 is 1.31 bits per heavy atom.